The van der Waals surface area contributed by atoms with Gasteiger partial charge in [0.1, 0.15) is 0 Å². The molecule has 10 heavy (non-hydrogen) atoms. The molecule has 2 saturated carbocycles. The summed E-state index contributed by atoms with van der Waals surface area (Å²) in [5.41, 5.74) is 0.415. The zero-order valence-corrected chi connectivity index (χ0v) is 6.47. The predicted molar refractivity (Wildman–Crippen MR) is 40.8 cm³/mol. The van der Waals surface area contributed by atoms with Gasteiger partial charge in [-0.15, -0.1) is 0 Å². The number of rotatable bonds is 0. The first-order valence-corrected chi connectivity index (χ1v) is 4.52. The second-order valence-electron chi connectivity index (χ2n) is 3.98. The maximum absolute atomic E-state index is 9.52. The van der Waals surface area contributed by atoms with Crippen LogP contribution in [0.4, 0.5) is 0 Å². The van der Waals surface area contributed by atoms with Gasteiger partial charge >= 0.3 is 0 Å². The van der Waals surface area contributed by atoms with Gasteiger partial charge in [0.05, 0.1) is 6.10 Å². The fourth-order valence-corrected chi connectivity index (χ4v) is 2.52. The second-order valence-corrected chi connectivity index (χ2v) is 3.98. The standard InChI is InChI=1S/C9H16O/c10-8-4-7-9(8)5-2-1-3-6-9/h8,10H,1-7H2. The van der Waals surface area contributed by atoms with Gasteiger partial charge < -0.3 is 5.11 Å². The lowest BCUT2D eigenvalue weighted by Crippen LogP contribution is -2.45. The van der Waals surface area contributed by atoms with Crippen molar-refractivity contribution in [1.82, 2.24) is 0 Å². The summed E-state index contributed by atoms with van der Waals surface area (Å²) in [6.45, 7) is 0. The summed E-state index contributed by atoms with van der Waals surface area (Å²) in [4.78, 5) is 0. The molecular formula is C9H16O. The molecule has 0 aromatic carbocycles. The van der Waals surface area contributed by atoms with Gasteiger partial charge in [-0.2, -0.15) is 0 Å². The minimum absolute atomic E-state index is 0.0628. The minimum atomic E-state index is 0.0628. The fourth-order valence-electron chi connectivity index (χ4n) is 2.52. The van der Waals surface area contributed by atoms with E-state index in [-0.39, 0.29) is 6.10 Å². The van der Waals surface area contributed by atoms with Crippen LogP contribution in [0, 0.1) is 5.41 Å². The molecule has 0 saturated heterocycles. The third-order valence-corrected chi connectivity index (χ3v) is 3.47. The van der Waals surface area contributed by atoms with Crippen LogP contribution in [0.3, 0.4) is 0 Å². The molecule has 1 heteroatoms. The molecule has 2 rings (SSSR count). The van der Waals surface area contributed by atoms with E-state index in [4.69, 9.17) is 0 Å². The summed E-state index contributed by atoms with van der Waals surface area (Å²) >= 11 is 0. The molecule has 0 aromatic heterocycles. The Labute approximate surface area is 62.4 Å². The van der Waals surface area contributed by atoms with Crippen LogP contribution < -0.4 is 0 Å². The van der Waals surface area contributed by atoms with Crippen molar-refractivity contribution in [3.63, 3.8) is 0 Å². The third kappa shape index (κ3) is 0.800. The van der Waals surface area contributed by atoms with Crippen LogP contribution in [0.2, 0.25) is 0 Å². The first kappa shape index (κ1) is 6.66. The molecule has 0 aromatic rings. The van der Waals surface area contributed by atoms with E-state index < -0.39 is 0 Å². The summed E-state index contributed by atoms with van der Waals surface area (Å²) in [6, 6.07) is 0. The van der Waals surface area contributed by atoms with Crippen LogP contribution in [-0.2, 0) is 0 Å². The highest BCUT2D eigenvalue weighted by Crippen LogP contribution is 2.51. The van der Waals surface area contributed by atoms with Gasteiger partial charge in [-0.1, -0.05) is 19.3 Å². The maximum atomic E-state index is 9.52. The topological polar surface area (TPSA) is 20.2 Å². The molecule has 1 nitrogen and oxygen atoms in total. The summed E-state index contributed by atoms with van der Waals surface area (Å²) in [6.07, 6.45) is 9.15. The van der Waals surface area contributed by atoms with Gasteiger partial charge in [0.15, 0.2) is 0 Å². The van der Waals surface area contributed by atoms with E-state index in [9.17, 15) is 5.11 Å². The number of hydrogen-bond acceptors (Lipinski definition) is 1. The highest BCUT2D eigenvalue weighted by atomic mass is 16.3. The van der Waals surface area contributed by atoms with Crippen LogP contribution in [0.1, 0.15) is 44.9 Å². The van der Waals surface area contributed by atoms with Crippen molar-refractivity contribution in [1.29, 1.82) is 0 Å². The SMILES string of the molecule is OC1CCC12CCCCC2. The molecule has 0 aliphatic heterocycles. The first-order valence-electron chi connectivity index (χ1n) is 4.52. The quantitative estimate of drug-likeness (QED) is 0.546. The summed E-state index contributed by atoms with van der Waals surface area (Å²) in [5, 5.41) is 9.52. The number of aliphatic hydroxyl groups excluding tert-OH is 1. The molecule has 1 N–H and O–H groups in total. The Bertz CT molecular complexity index is 125. The normalized spacial score (nSPS) is 37.5. The van der Waals surface area contributed by atoms with E-state index in [1.807, 2.05) is 0 Å². The lowest BCUT2D eigenvalue weighted by molar-refractivity contribution is -0.0869. The fraction of sp³-hybridized carbons (Fsp3) is 1.00. The van der Waals surface area contributed by atoms with Crippen LogP contribution in [0.15, 0.2) is 0 Å². The minimum Gasteiger partial charge on any atom is -0.393 e. The molecule has 1 atom stereocenters. The molecular weight excluding hydrogens is 124 g/mol. The van der Waals surface area contributed by atoms with E-state index in [0.717, 1.165) is 6.42 Å². The Hall–Kier alpha value is -0.0400. The van der Waals surface area contributed by atoms with Crippen LogP contribution in [-0.4, -0.2) is 11.2 Å². The monoisotopic (exact) mass is 140 g/mol. The van der Waals surface area contributed by atoms with Crippen molar-refractivity contribution in [3.8, 4) is 0 Å². The van der Waals surface area contributed by atoms with Gasteiger partial charge in [-0.05, 0) is 31.1 Å². The molecule has 0 bridgehead atoms. The molecule has 58 valence electrons. The average Bonchev–Trinajstić information content (AvgIpc) is 2.04. The molecule has 1 unspecified atom stereocenters. The average molecular weight is 140 g/mol. The Morgan fingerprint density at radius 1 is 1.00 bits per heavy atom. The lowest BCUT2D eigenvalue weighted by atomic mass is 9.59. The Morgan fingerprint density at radius 2 is 1.70 bits per heavy atom. The first-order chi connectivity index (χ1) is 4.83. The Morgan fingerprint density at radius 3 is 2.00 bits per heavy atom. The van der Waals surface area contributed by atoms with Crippen molar-refractivity contribution in [2.45, 2.75) is 51.0 Å². The zero-order valence-electron chi connectivity index (χ0n) is 6.47. The number of aliphatic hydroxyl groups is 1. The van der Waals surface area contributed by atoms with E-state index >= 15 is 0 Å². The highest BCUT2D eigenvalue weighted by Gasteiger charge is 2.45. The third-order valence-electron chi connectivity index (χ3n) is 3.47. The van der Waals surface area contributed by atoms with Crippen molar-refractivity contribution in [2.24, 2.45) is 5.41 Å². The Balaban J connectivity index is 1.99. The van der Waals surface area contributed by atoms with E-state index in [1.165, 1.54) is 38.5 Å². The van der Waals surface area contributed by atoms with Crippen LogP contribution in [0.5, 0.6) is 0 Å². The van der Waals surface area contributed by atoms with E-state index in [2.05, 4.69) is 0 Å². The Kier molecular flexibility index (Phi) is 1.48. The second kappa shape index (κ2) is 2.23. The lowest BCUT2D eigenvalue weighted by Gasteiger charge is -2.49. The summed E-state index contributed by atoms with van der Waals surface area (Å²) in [5.74, 6) is 0. The molecule has 1 spiro atoms. The predicted octanol–water partition coefficient (Wildman–Crippen LogP) is 2.09. The summed E-state index contributed by atoms with van der Waals surface area (Å²) < 4.78 is 0. The largest absolute Gasteiger partial charge is 0.393 e. The molecule has 0 amide bonds. The number of hydrogen-bond donors (Lipinski definition) is 1. The highest BCUT2D eigenvalue weighted by molar-refractivity contribution is 4.97. The molecule has 0 radical (unpaired) electrons. The maximum Gasteiger partial charge on any atom is 0.0596 e. The van der Waals surface area contributed by atoms with Crippen molar-refractivity contribution in [2.75, 3.05) is 0 Å². The molecule has 2 fully saturated rings. The molecule has 0 heterocycles. The van der Waals surface area contributed by atoms with Gasteiger partial charge in [-0.25, -0.2) is 0 Å². The van der Waals surface area contributed by atoms with Crippen molar-refractivity contribution >= 4 is 0 Å². The molecule has 2 aliphatic rings. The summed E-state index contributed by atoms with van der Waals surface area (Å²) in [7, 11) is 0. The zero-order chi connectivity index (χ0) is 7.03. The smallest absolute Gasteiger partial charge is 0.0596 e. The van der Waals surface area contributed by atoms with Crippen molar-refractivity contribution in [3.05, 3.63) is 0 Å². The van der Waals surface area contributed by atoms with Gasteiger partial charge in [-0.3, -0.25) is 0 Å². The van der Waals surface area contributed by atoms with Crippen LogP contribution >= 0.6 is 0 Å². The van der Waals surface area contributed by atoms with Crippen molar-refractivity contribution < 1.29 is 5.11 Å². The van der Waals surface area contributed by atoms with Gasteiger partial charge in [0, 0.05) is 0 Å². The van der Waals surface area contributed by atoms with Gasteiger partial charge in [0.25, 0.3) is 0 Å². The van der Waals surface area contributed by atoms with E-state index in [0.29, 0.717) is 5.41 Å². The van der Waals surface area contributed by atoms with E-state index in [1.54, 1.807) is 0 Å². The van der Waals surface area contributed by atoms with Gasteiger partial charge in [0.2, 0.25) is 0 Å². The van der Waals surface area contributed by atoms with Crippen LogP contribution in [0.25, 0.3) is 0 Å². The molecule has 2 aliphatic carbocycles.